The third kappa shape index (κ3) is 3.34. The molecular weight excluding hydrogens is 286 g/mol. The van der Waals surface area contributed by atoms with Crippen LogP contribution in [0, 0.1) is 0 Å². The average molecular weight is 303 g/mol. The summed E-state index contributed by atoms with van der Waals surface area (Å²) in [6.45, 7) is 0.411. The molecule has 0 saturated carbocycles. The highest BCUT2D eigenvalue weighted by molar-refractivity contribution is 7.91. The van der Waals surface area contributed by atoms with Crippen LogP contribution in [0.2, 0.25) is 0 Å². The zero-order chi connectivity index (χ0) is 14.1. The summed E-state index contributed by atoms with van der Waals surface area (Å²) in [7, 11) is -6.78. The van der Waals surface area contributed by atoms with E-state index in [9.17, 15) is 16.8 Å². The van der Waals surface area contributed by atoms with E-state index >= 15 is 0 Å². The largest absolute Gasteiger partial charge is 0.224 e. The molecule has 1 fully saturated rings. The molecule has 0 unspecified atom stereocenters. The third-order valence-corrected chi connectivity index (χ3v) is 6.41. The van der Waals surface area contributed by atoms with Crippen LogP contribution in [0.3, 0.4) is 0 Å². The van der Waals surface area contributed by atoms with Crippen LogP contribution < -0.4 is 0 Å². The lowest BCUT2D eigenvalue weighted by Crippen LogP contribution is -2.38. The molecule has 106 valence electrons. The smallest absolute Gasteiger partial charge is 0.211 e. The lowest BCUT2D eigenvalue weighted by molar-refractivity contribution is 0.411. The first kappa shape index (κ1) is 14.5. The summed E-state index contributed by atoms with van der Waals surface area (Å²) in [5.41, 5.74) is 0. The summed E-state index contributed by atoms with van der Waals surface area (Å²) in [6, 6.07) is 7.70. The topological polar surface area (TPSA) is 71.5 Å². The molecule has 1 aliphatic heterocycles. The first-order valence-corrected chi connectivity index (χ1v) is 9.55. The molecule has 2 rings (SSSR count). The van der Waals surface area contributed by atoms with Crippen LogP contribution in [0.1, 0.15) is 12.8 Å². The van der Waals surface area contributed by atoms with Crippen LogP contribution in [0.15, 0.2) is 35.2 Å². The Morgan fingerprint density at radius 2 is 1.79 bits per heavy atom. The van der Waals surface area contributed by atoms with Crippen molar-refractivity contribution < 1.29 is 16.8 Å². The van der Waals surface area contributed by atoms with Crippen LogP contribution in [-0.4, -0.2) is 45.7 Å². The molecule has 0 N–H and O–H groups in total. The lowest BCUT2D eigenvalue weighted by Gasteiger charge is -2.21. The number of benzene rings is 1. The molecule has 5 nitrogen and oxygen atoms in total. The van der Waals surface area contributed by atoms with Gasteiger partial charge in [-0.1, -0.05) is 18.2 Å². The number of hydrogen-bond acceptors (Lipinski definition) is 4. The van der Waals surface area contributed by atoms with E-state index in [0.717, 1.165) is 6.26 Å². The minimum Gasteiger partial charge on any atom is -0.224 e. The van der Waals surface area contributed by atoms with Gasteiger partial charge in [0.1, 0.15) is 0 Å². The Morgan fingerprint density at radius 3 is 2.37 bits per heavy atom. The standard InChI is InChI=1S/C12H17NO4S2/c1-18(14,15)13-9-5-6-11(13)10-19(16,17)12-7-3-2-4-8-12/h2-4,7-8,11H,5-6,9-10H2,1H3/t11-/m0/s1. The summed E-state index contributed by atoms with van der Waals surface area (Å²) in [5, 5.41) is 0. The SMILES string of the molecule is CS(=O)(=O)N1CCC[C@H]1CS(=O)(=O)c1ccccc1. The quantitative estimate of drug-likeness (QED) is 0.828. The second-order valence-corrected chi connectivity index (χ2v) is 8.73. The molecule has 0 radical (unpaired) electrons. The Kier molecular flexibility index (Phi) is 3.98. The van der Waals surface area contributed by atoms with Crippen LogP contribution in [0.25, 0.3) is 0 Å². The molecule has 0 spiro atoms. The van der Waals surface area contributed by atoms with Crippen molar-refractivity contribution >= 4 is 19.9 Å². The highest BCUT2D eigenvalue weighted by atomic mass is 32.2. The molecule has 1 aromatic rings. The molecule has 0 bridgehead atoms. The van der Waals surface area contributed by atoms with Gasteiger partial charge in [-0.15, -0.1) is 0 Å². The van der Waals surface area contributed by atoms with Crippen LogP contribution >= 0.6 is 0 Å². The fourth-order valence-electron chi connectivity index (χ4n) is 2.39. The molecule has 1 atom stereocenters. The predicted octanol–water partition coefficient (Wildman–Crippen LogP) is 0.884. The van der Waals surface area contributed by atoms with Crippen LogP contribution in [0.4, 0.5) is 0 Å². The first-order chi connectivity index (χ1) is 8.81. The highest BCUT2D eigenvalue weighted by Crippen LogP contribution is 2.24. The van der Waals surface area contributed by atoms with Gasteiger partial charge in [0.15, 0.2) is 9.84 Å². The maximum Gasteiger partial charge on any atom is 0.211 e. The molecular formula is C12H17NO4S2. The molecule has 1 heterocycles. The van der Waals surface area contributed by atoms with Crippen molar-refractivity contribution in [2.24, 2.45) is 0 Å². The summed E-state index contributed by atoms with van der Waals surface area (Å²) >= 11 is 0. The molecule has 1 aliphatic rings. The molecule has 1 saturated heterocycles. The van der Waals surface area contributed by atoms with Gasteiger partial charge >= 0.3 is 0 Å². The van der Waals surface area contributed by atoms with Gasteiger partial charge in [-0.3, -0.25) is 0 Å². The van der Waals surface area contributed by atoms with E-state index in [4.69, 9.17) is 0 Å². The number of sulfone groups is 1. The van der Waals surface area contributed by atoms with E-state index in [2.05, 4.69) is 0 Å². The molecule has 7 heteroatoms. The summed E-state index contributed by atoms with van der Waals surface area (Å²) in [6.07, 6.45) is 2.43. The van der Waals surface area contributed by atoms with Crippen molar-refractivity contribution in [3.05, 3.63) is 30.3 Å². The first-order valence-electron chi connectivity index (χ1n) is 6.05. The zero-order valence-corrected chi connectivity index (χ0v) is 12.3. The monoisotopic (exact) mass is 303 g/mol. The minimum absolute atomic E-state index is 0.149. The molecule has 0 aliphatic carbocycles. The number of hydrogen-bond donors (Lipinski definition) is 0. The predicted molar refractivity (Wildman–Crippen MR) is 73.1 cm³/mol. The van der Waals surface area contributed by atoms with Crippen molar-refractivity contribution in [1.82, 2.24) is 4.31 Å². The number of sulfonamides is 1. The van der Waals surface area contributed by atoms with Crippen LogP contribution in [0.5, 0.6) is 0 Å². The van der Waals surface area contributed by atoms with Crippen molar-refractivity contribution in [2.45, 2.75) is 23.8 Å². The van der Waals surface area contributed by atoms with E-state index in [0.29, 0.717) is 19.4 Å². The molecule has 0 aromatic heterocycles. The molecule has 19 heavy (non-hydrogen) atoms. The van der Waals surface area contributed by atoms with E-state index in [-0.39, 0.29) is 10.6 Å². The van der Waals surface area contributed by atoms with Gasteiger partial charge in [0.25, 0.3) is 0 Å². The van der Waals surface area contributed by atoms with Gasteiger partial charge < -0.3 is 0 Å². The molecule has 0 amide bonds. The number of rotatable bonds is 4. The average Bonchev–Trinajstić information content (AvgIpc) is 2.77. The molecule has 1 aromatic carbocycles. The van der Waals surface area contributed by atoms with Gasteiger partial charge in [0, 0.05) is 12.6 Å². The Bertz CT molecular complexity index is 638. The Hall–Kier alpha value is -0.920. The number of nitrogens with zero attached hydrogens (tertiary/aromatic N) is 1. The van der Waals surface area contributed by atoms with Gasteiger partial charge in [-0.25, -0.2) is 16.8 Å². The van der Waals surface area contributed by atoms with Crippen molar-refractivity contribution in [3.8, 4) is 0 Å². The van der Waals surface area contributed by atoms with Gasteiger partial charge in [0.05, 0.1) is 16.9 Å². The van der Waals surface area contributed by atoms with Gasteiger partial charge in [-0.2, -0.15) is 4.31 Å². The van der Waals surface area contributed by atoms with Crippen molar-refractivity contribution in [2.75, 3.05) is 18.6 Å². The normalized spacial score (nSPS) is 21.6. The van der Waals surface area contributed by atoms with Crippen molar-refractivity contribution in [3.63, 3.8) is 0 Å². The van der Waals surface area contributed by atoms with E-state index in [1.165, 1.54) is 16.4 Å². The minimum atomic E-state index is -3.44. The van der Waals surface area contributed by atoms with E-state index < -0.39 is 25.9 Å². The zero-order valence-electron chi connectivity index (χ0n) is 10.7. The van der Waals surface area contributed by atoms with Crippen molar-refractivity contribution in [1.29, 1.82) is 0 Å². The van der Waals surface area contributed by atoms with Gasteiger partial charge in [0.2, 0.25) is 10.0 Å². The fraction of sp³-hybridized carbons (Fsp3) is 0.500. The Morgan fingerprint density at radius 1 is 1.16 bits per heavy atom. The van der Waals surface area contributed by atoms with E-state index in [1.807, 2.05) is 0 Å². The summed E-state index contributed by atoms with van der Waals surface area (Å²) in [5.74, 6) is -0.149. The van der Waals surface area contributed by atoms with E-state index in [1.54, 1.807) is 18.2 Å². The highest BCUT2D eigenvalue weighted by Gasteiger charge is 2.34. The second kappa shape index (κ2) is 5.22. The Labute approximate surface area is 114 Å². The Balaban J connectivity index is 2.22. The maximum atomic E-state index is 12.2. The van der Waals surface area contributed by atoms with Gasteiger partial charge in [-0.05, 0) is 25.0 Å². The lowest BCUT2D eigenvalue weighted by atomic mass is 10.3. The fourth-order valence-corrected chi connectivity index (χ4v) is 5.28. The van der Waals surface area contributed by atoms with Crippen LogP contribution in [-0.2, 0) is 19.9 Å². The summed E-state index contributed by atoms with van der Waals surface area (Å²) < 4.78 is 49.0. The third-order valence-electron chi connectivity index (χ3n) is 3.26. The summed E-state index contributed by atoms with van der Waals surface area (Å²) in [4.78, 5) is 0.246. The second-order valence-electron chi connectivity index (χ2n) is 4.76. The maximum absolute atomic E-state index is 12.2.